The van der Waals surface area contributed by atoms with E-state index in [-0.39, 0.29) is 5.76 Å². The van der Waals surface area contributed by atoms with Gasteiger partial charge in [-0.2, -0.15) is 0 Å². The second-order valence-corrected chi connectivity index (χ2v) is 4.26. The SMILES string of the molecule is Cc1nc2cc(NC(=O)c3ccc([N+](=O)[O-])o3)ccc2o1. The van der Waals surface area contributed by atoms with Crippen molar-refractivity contribution < 1.29 is 18.6 Å². The minimum Gasteiger partial charge on any atom is -0.441 e. The molecule has 2 aromatic heterocycles. The van der Waals surface area contributed by atoms with Crippen LogP contribution in [0, 0.1) is 17.0 Å². The third kappa shape index (κ3) is 2.46. The average Bonchev–Trinajstić information content (AvgIpc) is 3.03. The van der Waals surface area contributed by atoms with Crippen LogP contribution in [0.25, 0.3) is 11.1 Å². The number of hydrogen-bond acceptors (Lipinski definition) is 6. The first-order valence-corrected chi connectivity index (χ1v) is 5.96. The Bertz CT molecular complexity index is 848. The van der Waals surface area contributed by atoms with Crippen LogP contribution in [0.5, 0.6) is 0 Å². The number of hydrogen-bond donors (Lipinski definition) is 1. The predicted molar refractivity (Wildman–Crippen MR) is 72.1 cm³/mol. The minimum atomic E-state index is -0.707. The summed E-state index contributed by atoms with van der Waals surface area (Å²) in [4.78, 5) is 25.9. The number of amides is 1. The zero-order valence-electron chi connectivity index (χ0n) is 10.8. The van der Waals surface area contributed by atoms with Crippen LogP contribution in [0.3, 0.4) is 0 Å². The number of nitro groups is 1. The van der Waals surface area contributed by atoms with Crippen molar-refractivity contribution in [2.24, 2.45) is 0 Å². The van der Waals surface area contributed by atoms with Crippen LogP contribution < -0.4 is 5.32 Å². The van der Waals surface area contributed by atoms with E-state index in [0.29, 0.717) is 22.7 Å². The molecule has 0 saturated heterocycles. The summed E-state index contributed by atoms with van der Waals surface area (Å²) < 4.78 is 10.2. The van der Waals surface area contributed by atoms with Crippen LogP contribution >= 0.6 is 0 Å². The summed E-state index contributed by atoms with van der Waals surface area (Å²) in [7, 11) is 0. The van der Waals surface area contributed by atoms with Crippen molar-refractivity contribution in [2.75, 3.05) is 5.32 Å². The highest BCUT2D eigenvalue weighted by atomic mass is 16.6. The number of benzene rings is 1. The molecule has 3 rings (SSSR count). The first kappa shape index (κ1) is 12.9. The molecule has 1 aromatic carbocycles. The van der Waals surface area contributed by atoms with E-state index in [1.807, 2.05) is 0 Å². The number of oxazole rings is 1. The molecule has 0 spiro atoms. The second-order valence-electron chi connectivity index (χ2n) is 4.26. The van der Waals surface area contributed by atoms with Gasteiger partial charge in [0.05, 0.1) is 6.07 Å². The van der Waals surface area contributed by atoms with Gasteiger partial charge in [0.25, 0.3) is 5.91 Å². The number of nitrogens with one attached hydrogen (secondary N) is 1. The Morgan fingerprint density at radius 3 is 2.81 bits per heavy atom. The van der Waals surface area contributed by atoms with Crippen molar-refractivity contribution in [3.8, 4) is 0 Å². The highest BCUT2D eigenvalue weighted by molar-refractivity contribution is 6.03. The van der Waals surface area contributed by atoms with Crippen molar-refractivity contribution in [3.63, 3.8) is 0 Å². The molecule has 8 heteroatoms. The lowest BCUT2D eigenvalue weighted by Gasteiger charge is -2.01. The molecular weight excluding hydrogens is 278 g/mol. The largest absolute Gasteiger partial charge is 0.441 e. The lowest BCUT2D eigenvalue weighted by molar-refractivity contribution is -0.402. The number of aromatic nitrogens is 1. The zero-order chi connectivity index (χ0) is 15.0. The summed E-state index contributed by atoms with van der Waals surface area (Å²) in [6, 6.07) is 7.32. The van der Waals surface area contributed by atoms with Gasteiger partial charge in [-0.05, 0) is 24.3 Å². The molecular formula is C13H9N3O5. The fourth-order valence-electron chi connectivity index (χ4n) is 1.86. The second kappa shape index (κ2) is 4.75. The monoisotopic (exact) mass is 287 g/mol. The van der Waals surface area contributed by atoms with Crippen LogP contribution in [0.2, 0.25) is 0 Å². The lowest BCUT2D eigenvalue weighted by atomic mass is 10.3. The third-order valence-corrected chi connectivity index (χ3v) is 2.75. The van der Waals surface area contributed by atoms with E-state index in [9.17, 15) is 14.9 Å². The van der Waals surface area contributed by atoms with Gasteiger partial charge < -0.3 is 14.2 Å². The van der Waals surface area contributed by atoms with Crippen LogP contribution in [0.15, 0.2) is 39.2 Å². The van der Waals surface area contributed by atoms with Gasteiger partial charge in [-0.3, -0.25) is 14.9 Å². The zero-order valence-corrected chi connectivity index (χ0v) is 10.8. The maximum Gasteiger partial charge on any atom is 0.433 e. The van der Waals surface area contributed by atoms with Crippen molar-refractivity contribution in [1.29, 1.82) is 0 Å². The van der Waals surface area contributed by atoms with Crippen LogP contribution in [-0.2, 0) is 0 Å². The van der Waals surface area contributed by atoms with Crippen molar-refractivity contribution >= 4 is 28.6 Å². The molecule has 0 saturated carbocycles. The fraction of sp³-hybridized carbons (Fsp3) is 0.0769. The summed E-state index contributed by atoms with van der Waals surface area (Å²) in [6.45, 7) is 1.72. The topological polar surface area (TPSA) is 111 Å². The molecule has 3 aromatic rings. The van der Waals surface area contributed by atoms with Gasteiger partial charge in [-0.1, -0.05) is 0 Å². The normalized spacial score (nSPS) is 10.7. The smallest absolute Gasteiger partial charge is 0.433 e. The molecule has 0 bridgehead atoms. The molecule has 0 radical (unpaired) electrons. The first-order valence-electron chi connectivity index (χ1n) is 5.96. The molecule has 0 aliphatic rings. The van der Waals surface area contributed by atoms with E-state index < -0.39 is 16.7 Å². The number of carbonyl (C=O) groups excluding carboxylic acids is 1. The molecule has 1 N–H and O–H groups in total. The Morgan fingerprint density at radius 2 is 2.10 bits per heavy atom. The van der Waals surface area contributed by atoms with Gasteiger partial charge >= 0.3 is 5.88 Å². The number of fused-ring (bicyclic) bond motifs is 1. The molecule has 21 heavy (non-hydrogen) atoms. The first-order chi connectivity index (χ1) is 10.0. The number of aryl methyl sites for hydroxylation is 1. The standard InChI is InChI=1S/C13H9N3O5/c1-7-14-9-6-8(2-3-10(9)20-7)15-13(17)11-4-5-12(21-11)16(18)19/h2-6H,1H3,(H,15,17). The Balaban J connectivity index is 1.83. The van der Waals surface area contributed by atoms with E-state index in [4.69, 9.17) is 8.83 Å². The van der Waals surface area contributed by atoms with E-state index in [1.54, 1.807) is 25.1 Å². The molecule has 2 heterocycles. The van der Waals surface area contributed by atoms with E-state index >= 15 is 0 Å². The van der Waals surface area contributed by atoms with E-state index in [1.165, 1.54) is 6.07 Å². The highest BCUT2D eigenvalue weighted by Crippen LogP contribution is 2.21. The number of furan rings is 1. The van der Waals surface area contributed by atoms with Crippen molar-refractivity contribution in [2.45, 2.75) is 6.92 Å². The molecule has 106 valence electrons. The quantitative estimate of drug-likeness (QED) is 0.585. The summed E-state index contributed by atoms with van der Waals surface area (Å²) in [5.41, 5.74) is 1.70. The molecule has 0 fully saturated rings. The number of carbonyl (C=O) groups is 1. The summed E-state index contributed by atoms with van der Waals surface area (Å²) in [5, 5.41) is 13.1. The van der Waals surface area contributed by atoms with E-state index in [0.717, 1.165) is 6.07 Å². The Hall–Kier alpha value is -3.16. The number of anilines is 1. The van der Waals surface area contributed by atoms with Crippen molar-refractivity contribution in [1.82, 2.24) is 4.98 Å². The van der Waals surface area contributed by atoms with Gasteiger partial charge in [-0.15, -0.1) is 0 Å². The van der Waals surface area contributed by atoms with Gasteiger partial charge in [0, 0.05) is 12.6 Å². The number of rotatable bonds is 3. The molecule has 1 amide bonds. The van der Waals surface area contributed by atoms with Gasteiger partial charge in [0.2, 0.25) is 0 Å². The average molecular weight is 287 g/mol. The minimum absolute atomic E-state index is 0.141. The maximum absolute atomic E-state index is 11.9. The molecule has 0 aliphatic carbocycles. The Labute approximate surface area is 117 Å². The molecule has 0 atom stereocenters. The summed E-state index contributed by atoms with van der Waals surface area (Å²) in [5.74, 6) is -0.682. The predicted octanol–water partition coefficient (Wildman–Crippen LogP) is 2.89. The number of nitrogens with zero attached hydrogens (tertiary/aromatic N) is 2. The fourth-order valence-corrected chi connectivity index (χ4v) is 1.86. The van der Waals surface area contributed by atoms with Crippen LogP contribution in [0.4, 0.5) is 11.6 Å². The highest BCUT2D eigenvalue weighted by Gasteiger charge is 2.17. The molecule has 0 unspecified atom stereocenters. The van der Waals surface area contributed by atoms with Gasteiger partial charge in [-0.25, -0.2) is 4.98 Å². The van der Waals surface area contributed by atoms with Gasteiger partial charge in [0.1, 0.15) is 10.4 Å². The summed E-state index contributed by atoms with van der Waals surface area (Å²) >= 11 is 0. The summed E-state index contributed by atoms with van der Waals surface area (Å²) in [6.07, 6.45) is 0. The molecule has 8 nitrogen and oxygen atoms in total. The van der Waals surface area contributed by atoms with E-state index in [2.05, 4.69) is 10.3 Å². The van der Waals surface area contributed by atoms with Crippen LogP contribution in [0.1, 0.15) is 16.4 Å². The third-order valence-electron chi connectivity index (χ3n) is 2.75. The lowest BCUT2D eigenvalue weighted by Crippen LogP contribution is -2.10. The van der Waals surface area contributed by atoms with Crippen molar-refractivity contribution in [3.05, 3.63) is 52.1 Å². The Morgan fingerprint density at radius 1 is 1.29 bits per heavy atom. The molecule has 0 aliphatic heterocycles. The van der Waals surface area contributed by atoms with Gasteiger partial charge in [0.15, 0.2) is 17.2 Å². The van der Waals surface area contributed by atoms with Crippen LogP contribution in [-0.4, -0.2) is 15.8 Å². The Kier molecular flexibility index (Phi) is 2.90. The maximum atomic E-state index is 11.9.